The largest absolute Gasteiger partial charge is 0.422 e. The highest BCUT2D eigenvalue weighted by Crippen LogP contribution is 2.32. The van der Waals surface area contributed by atoms with Crippen LogP contribution in [0.15, 0.2) is 59.5 Å². The van der Waals surface area contributed by atoms with E-state index < -0.39 is 15.8 Å². The van der Waals surface area contributed by atoms with Gasteiger partial charge in [0.1, 0.15) is 5.75 Å². The lowest BCUT2D eigenvalue weighted by Crippen LogP contribution is -2.11. The Morgan fingerprint density at radius 2 is 1.56 bits per heavy atom. The second-order valence-corrected chi connectivity index (χ2v) is 8.22. The van der Waals surface area contributed by atoms with Crippen molar-refractivity contribution >= 4 is 49.8 Å². The molecule has 0 aliphatic heterocycles. The molecule has 0 unspecified atom stereocenters. The van der Waals surface area contributed by atoms with Crippen molar-refractivity contribution in [3.8, 4) is 5.75 Å². The molecule has 0 radical (unpaired) electrons. The fourth-order valence-electron chi connectivity index (χ4n) is 2.37. The number of carbonyl (C=O) groups excluding carboxylic acids is 1. The van der Waals surface area contributed by atoms with E-state index in [0.29, 0.717) is 16.2 Å². The van der Waals surface area contributed by atoms with Crippen molar-refractivity contribution in [3.05, 3.63) is 70.2 Å². The van der Waals surface area contributed by atoms with Gasteiger partial charge in [0.2, 0.25) is 0 Å². The zero-order valence-corrected chi connectivity index (χ0v) is 15.3. The summed E-state index contributed by atoms with van der Waals surface area (Å²) in [6.07, 6.45) is 1.05. The Hall–Kier alpha value is -2.08. The Kier molecular flexibility index (Phi) is 4.73. The lowest BCUT2D eigenvalue weighted by molar-refractivity contribution is 0.0737. The average molecular weight is 395 g/mol. The number of hydrogen-bond donors (Lipinski definition) is 0. The van der Waals surface area contributed by atoms with Crippen LogP contribution >= 0.6 is 23.2 Å². The van der Waals surface area contributed by atoms with Crippen LogP contribution < -0.4 is 4.74 Å². The molecule has 0 atom stereocenters. The van der Waals surface area contributed by atoms with Crippen LogP contribution in [0.5, 0.6) is 5.75 Å². The molecule has 0 aliphatic rings. The molecule has 25 heavy (non-hydrogen) atoms. The first-order chi connectivity index (χ1) is 11.8. The molecule has 3 rings (SSSR count). The SMILES string of the molecule is CS(=O)(=O)c1ccc(Cl)c(C(=O)Oc2ccc(Cl)c3ccccc23)c1. The highest BCUT2D eigenvalue weighted by Gasteiger charge is 2.18. The van der Waals surface area contributed by atoms with Crippen LogP contribution in [0, 0.1) is 0 Å². The second-order valence-electron chi connectivity index (χ2n) is 5.39. The summed E-state index contributed by atoms with van der Waals surface area (Å²) in [4.78, 5) is 12.5. The van der Waals surface area contributed by atoms with Crippen LogP contribution in [-0.2, 0) is 9.84 Å². The number of ether oxygens (including phenoxy) is 1. The zero-order chi connectivity index (χ0) is 18.2. The number of sulfone groups is 1. The van der Waals surface area contributed by atoms with Gasteiger partial charge in [-0.05, 0) is 30.3 Å². The summed E-state index contributed by atoms with van der Waals surface area (Å²) in [6.45, 7) is 0. The Labute approximate surface area is 154 Å². The molecule has 0 amide bonds. The van der Waals surface area contributed by atoms with Gasteiger partial charge in [-0.3, -0.25) is 0 Å². The predicted octanol–water partition coefficient (Wildman–Crippen LogP) is 4.77. The molecule has 0 fully saturated rings. The van der Waals surface area contributed by atoms with Gasteiger partial charge in [0.25, 0.3) is 0 Å². The smallest absolute Gasteiger partial charge is 0.345 e. The minimum absolute atomic E-state index is 0.00943. The molecule has 3 aromatic rings. The second kappa shape index (κ2) is 6.67. The first-order valence-corrected chi connectivity index (χ1v) is 9.81. The molecular formula is C18H12Cl2O4S. The van der Waals surface area contributed by atoms with Gasteiger partial charge in [-0.1, -0.05) is 47.5 Å². The third-order valence-corrected chi connectivity index (χ3v) is 5.39. The van der Waals surface area contributed by atoms with Crippen LogP contribution in [0.3, 0.4) is 0 Å². The van der Waals surface area contributed by atoms with Gasteiger partial charge in [-0.2, -0.15) is 0 Å². The van der Waals surface area contributed by atoms with Crippen LogP contribution in [0.25, 0.3) is 10.8 Å². The van der Waals surface area contributed by atoms with Gasteiger partial charge in [0, 0.05) is 22.1 Å². The molecule has 0 saturated heterocycles. The first kappa shape index (κ1) is 17.7. The van der Waals surface area contributed by atoms with Crippen molar-refractivity contribution in [1.82, 2.24) is 0 Å². The number of fused-ring (bicyclic) bond motifs is 1. The van der Waals surface area contributed by atoms with Crippen molar-refractivity contribution in [1.29, 1.82) is 0 Å². The van der Waals surface area contributed by atoms with Gasteiger partial charge in [-0.25, -0.2) is 13.2 Å². The highest BCUT2D eigenvalue weighted by atomic mass is 35.5. The lowest BCUT2D eigenvalue weighted by atomic mass is 10.1. The minimum atomic E-state index is -3.47. The number of rotatable bonds is 3. The summed E-state index contributed by atoms with van der Waals surface area (Å²) in [7, 11) is -3.47. The molecule has 0 aromatic heterocycles. The topological polar surface area (TPSA) is 60.4 Å². The summed E-state index contributed by atoms with van der Waals surface area (Å²) in [6, 6.07) is 14.3. The van der Waals surface area contributed by atoms with E-state index in [4.69, 9.17) is 27.9 Å². The van der Waals surface area contributed by atoms with E-state index in [9.17, 15) is 13.2 Å². The van der Waals surface area contributed by atoms with Gasteiger partial charge in [0.05, 0.1) is 15.5 Å². The zero-order valence-electron chi connectivity index (χ0n) is 13.0. The standard InChI is InChI=1S/C18H12Cl2O4S/c1-25(22,23)11-6-7-16(20)14(10-11)18(21)24-17-9-8-15(19)12-4-2-3-5-13(12)17/h2-10H,1H3. The number of carbonyl (C=O) groups is 1. The Balaban J connectivity index is 2.03. The van der Waals surface area contributed by atoms with Crippen LogP contribution in [-0.4, -0.2) is 20.6 Å². The van der Waals surface area contributed by atoms with Gasteiger partial charge in [0.15, 0.2) is 9.84 Å². The summed E-state index contributed by atoms with van der Waals surface area (Å²) in [5.41, 5.74) is -0.0244. The lowest BCUT2D eigenvalue weighted by Gasteiger charge is -2.10. The summed E-state index contributed by atoms with van der Waals surface area (Å²) in [5, 5.41) is 2.05. The molecule has 0 heterocycles. The van der Waals surface area contributed by atoms with Crippen molar-refractivity contribution in [2.75, 3.05) is 6.26 Å². The Morgan fingerprint density at radius 1 is 0.920 bits per heavy atom. The average Bonchev–Trinajstić information content (AvgIpc) is 2.57. The Morgan fingerprint density at radius 3 is 2.24 bits per heavy atom. The summed E-state index contributed by atoms with van der Waals surface area (Å²) in [5.74, 6) is -0.436. The molecule has 128 valence electrons. The van der Waals surface area contributed by atoms with Crippen molar-refractivity contribution in [3.63, 3.8) is 0 Å². The number of esters is 1. The van der Waals surface area contributed by atoms with Crippen LogP contribution in [0.1, 0.15) is 10.4 Å². The molecule has 0 aliphatic carbocycles. The molecule has 0 N–H and O–H groups in total. The quantitative estimate of drug-likeness (QED) is 0.474. The third kappa shape index (κ3) is 3.63. The molecule has 0 saturated carbocycles. The van der Waals surface area contributed by atoms with E-state index in [-0.39, 0.29) is 15.5 Å². The van der Waals surface area contributed by atoms with Crippen LogP contribution in [0.4, 0.5) is 0 Å². The Bertz CT molecular complexity index is 1090. The maximum Gasteiger partial charge on any atom is 0.345 e. The van der Waals surface area contributed by atoms with Gasteiger partial charge >= 0.3 is 5.97 Å². The van der Waals surface area contributed by atoms with Crippen molar-refractivity contribution < 1.29 is 17.9 Å². The normalized spacial score (nSPS) is 11.5. The maximum absolute atomic E-state index is 12.5. The monoisotopic (exact) mass is 394 g/mol. The van der Waals surface area contributed by atoms with E-state index in [0.717, 1.165) is 11.6 Å². The molecular weight excluding hydrogens is 383 g/mol. The fraction of sp³-hybridized carbons (Fsp3) is 0.0556. The summed E-state index contributed by atoms with van der Waals surface area (Å²) < 4.78 is 28.8. The predicted molar refractivity (Wildman–Crippen MR) is 98.5 cm³/mol. The highest BCUT2D eigenvalue weighted by molar-refractivity contribution is 7.90. The van der Waals surface area contributed by atoms with Gasteiger partial charge in [-0.15, -0.1) is 0 Å². The number of benzene rings is 3. The van der Waals surface area contributed by atoms with E-state index in [2.05, 4.69) is 0 Å². The minimum Gasteiger partial charge on any atom is -0.422 e. The third-order valence-electron chi connectivity index (χ3n) is 3.62. The maximum atomic E-state index is 12.5. The van der Waals surface area contributed by atoms with Crippen molar-refractivity contribution in [2.24, 2.45) is 0 Å². The molecule has 3 aromatic carbocycles. The van der Waals surface area contributed by atoms with E-state index in [1.54, 1.807) is 24.3 Å². The van der Waals surface area contributed by atoms with Crippen LogP contribution in [0.2, 0.25) is 10.0 Å². The van der Waals surface area contributed by atoms with E-state index in [1.165, 1.54) is 18.2 Å². The van der Waals surface area contributed by atoms with Gasteiger partial charge < -0.3 is 4.74 Å². The first-order valence-electron chi connectivity index (χ1n) is 7.16. The molecule has 0 bridgehead atoms. The molecule has 4 nitrogen and oxygen atoms in total. The van der Waals surface area contributed by atoms with E-state index in [1.807, 2.05) is 12.1 Å². The number of hydrogen-bond acceptors (Lipinski definition) is 4. The van der Waals surface area contributed by atoms with Crippen molar-refractivity contribution in [2.45, 2.75) is 4.90 Å². The van der Waals surface area contributed by atoms with E-state index >= 15 is 0 Å². The fourth-order valence-corrected chi connectivity index (χ4v) is 3.44. The summed E-state index contributed by atoms with van der Waals surface area (Å²) >= 11 is 12.2. The molecule has 0 spiro atoms. The molecule has 7 heteroatoms. The number of halogens is 2.